The summed E-state index contributed by atoms with van der Waals surface area (Å²) in [7, 11) is -4.10. The molecular weight excluding hydrogens is 441 g/mol. The average molecular weight is 460 g/mol. The molecule has 2 N–H and O–H groups in total. The van der Waals surface area contributed by atoms with Crippen molar-refractivity contribution in [1.29, 1.82) is 0 Å². The summed E-state index contributed by atoms with van der Waals surface area (Å²) in [6.07, 6.45) is 1.70. The lowest BCUT2D eigenvalue weighted by Crippen LogP contribution is -2.41. The Morgan fingerprint density at radius 3 is 2.47 bits per heavy atom. The molecule has 0 aliphatic carbocycles. The molecule has 6 nitrogen and oxygen atoms in total. The van der Waals surface area contributed by atoms with Crippen molar-refractivity contribution in [3.63, 3.8) is 0 Å². The molecule has 2 aromatic carbocycles. The summed E-state index contributed by atoms with van der Waals surface area (Å²) >= 11 is 0. The minimum Gasteiger partial charge on any atom is -0.324 e. The highest BCUT2D eigenvalue weighted by atomic mass is 32.2. The van der Waals surface area contributed by atoms with Crippen molar-refractivity contribution < 1.29 is 21.6 Å². The summed E-state index contributed by atoms with van der Waals surface area (Å²) in [6, 6.07) is 10.8. The third-order valence-electron chi connectivity index (χ3n) is 5.18. The van der Waals surface area contributed by atoms with Crippen molar-refractivity contribution in [2.24, 2.45) is 4.99 Å². The van der Waals surface area contributed by atoms with Gasteiger partial charge in [-0.1, -0.05) is 25.1 Å². The predicted octanol–water partition coefficient (Wildman–Crippen LogP) is 4.30. The topological polar surface area (TPSA) is 83.4 Å². The van der Waals surface area contributed by atoms with Crippen LogP contribution in [-0.2, 0) is 16.6 Å². The van der Waals surface area contributed by atoms with Gasteiger partial charge in [-0.25, -0.2) is 31.3 Å². The van der Waals surface area contributed by atoms with Gasteiger partial charge in [0.25, 0.3) is 10.0 Å². The maximum absolute atomic E-state index is 15.0. The lowest BCUT2D eigenvalue weighted by atomic mass is 9.87. The number of sulfonamides is 1. The molecule has 3 aromatic rings. The highest BCUT2D eigenvalue weighted by Gasteiger charge is 2.33. The maximum atomic E-state index is 15.0. The summed E-state index contributed by atoms with van der Waals surface area (Å²) < 4.78 is 71.3. The standard InChI is InChI=1S/C22H19F3N4O2S/c1-2-13(14-6-3-4-7-15(14)23)20-17(25)9-10-19-21(20)28-22(29-32(19,30)31)27-12-18-16(24)8-5-11-26-18/h3-11,13H,2,12H2,1H3,(H2,27,28,29)/t13-/m1/s1. The summed E-state index contributed by atoms with van der Waals surface area (Å²) in [6.45, 7) is 1.51. The Morgan fingerprint density at radius 2 is 1.75 bits per heavy atom. The molecule has 32 heavy (non-hydrogen) atoms. The van der Waals surface area contributed by atoms with Crippen molar-refractivity contribution in [3.8, 4) is 0 Å². The number of anilines is 1. The number of guanidine groups is 1. The van der Waals surface area contributed by atoms with Crippen molar-refractivity contribution in [1.82, 2.24) is 9.71 Å². The first-order chi connectivity index (χ1) is 15.3. The zero-order chi connectivity index (χ0) is 22.9. The highest BCUT2D eigenvalue weighted by molar-refractivity contribution is 7.90. The fourth-order valence-electron chi connectivity index (χ4n) is 3.69. The molecular formula is C22H19F3N4O2S. The second-order valence-electron chi connectivity index (χ2n) is 7.14. The van der Waals surface area contributed by atoms with Crippen molar-refractivity contribution in [2.75, 3.05) is 5.32 Å². The molecule has 0 bridgehead atoms. The summed E-state index contributed by atoms with van der Waals surface area (Å²) in [5.41, 5.74) is 0.245. The normalized spacial score (nSPS) is 16.7. The predicted molar refractivity (Wildman–Crippen MR) is 114 cm³/mol. The van der Waals surface area contributed by atoms with E-state index < -0.39 is 33.4 Å². The van der Waals surface area contributed by atoms with Crippen LogP contribution in [0.2, 0.25) is 0 Å². The molecule has 1 atom stereocenters. The summed E-state index contributed by atoms with van der Waals surface area (Å²) in [4.78, 5) is 7.76. The zero-order valence-corrected chi connectivity index (χ0v) is 17.8. The van der Waals surface area contributed by atoms with Gasteiger partial charge in [0.2, 0.25) is 5.96 Å². The van der Waals surface area contributed by atoms with Crippen LogP contribution >= 0.6 is 0 Å². The molecule has 0 fully saturated rings. The zero-order valence-electron chi connectivity index (χ0n) is 16.9. The number of nitrogens with zero attached hydrogens (tertiary/aromatic N) is 2. The molecule has 4 rings (SSSR count). The van der Waals surface area contributed by atoms with E-state index in [1.165, 1.54) is 36.5 Å². The monoisotopic (exact) mass is 460 g/mol. The van der Waals surface area contributed by atoms with Crippen molar-refractivity contribution in [3.05, 3.63) is 89.0 Å². The molecule has 0 radical (unpaired) electrons. The molecule has 166 valence electrons. The van der Waals surface area contributed by atoms with Gasteiger partial charge >= 0.3 is 0 Å². The average Bonchev–Trinajstić information content (AvgIpc) is 2.75. The van der Waals surface area contributed by atoms with Gasteiger partial charge in [-0.15, -0.1) is 0 Å². The van der Waals surface area contributed by atoms with Gasteiger partial charge < -0.3 is 5.32 Å². The summed E-state index contributed by atoms with van der Waals surface area (Å²) in [5, 5.41) is 2.80. The SMILES string of the molecule is CC[C@H](c1ccccc1F)c1c(F)ccc2c1NC(=NCc1ncccc1F)NS2(=O)=O. The van der Waals surface area contributed by atoms with Crippen molar-refractivity contribution >= 4 is 21.7 Å². The van der Waals surface area contributed by atoms with Crippen LogP contribution < -0.4 is 10.0 Å². The van der Waals surface area contributed by atoms with Gasteiger partial charge in [-0.05, 0) is 42.3 Å². The number of fused-ring (bicyclic) bond motifs is 1. The quantitative estimate of drug-likeness (QED) is 0.595. The second kappa shape index (κ2) is 8.62. The molecule has 1 aromatic heterocycles. The van der Waals surface area contributed by atoms with Crippen molar-refractivity contribution in [2.45, 2.75) is 30.7 Å². The van der Waals surface area contributed by atoms with Gasteiger partial charge in [0.1, 0.15) is 22.3 Å². The lowest BCUT2D eigenvalue weighted by molar-refractivity contribution is 0.564. The minimum atomic E-state index is -4.10. The molecule has 0 amide bonds. The van der Waals surface area contributed by atoms with E-state index in [-0.39, 0.29) is 39.9 Å². The van der Waals surface area contributed by atoms with E-state index in [1.54, 1.807) is 13.0 Å². The lowest BCUT2D eigenvalue weighted by Gasteiger charge is -2.27. The van der Waals surface area contributed by atoms with E-state index in [2.05, 4.69) is 20.0 Å². The van der Waals surface area contributed by atoms with Crippen LogP contribution in [0, 0.1) is 17.5 Å². The number of rotatable bonds is 5. The Balaban J connectivity index is 1.81. The minimum absolute atomic E-state index is 0.0110. The maximum Gasteiger partial charge on any atom is 0.266 e. The third-order valence-corrected chi connectivity index (χ3v) is 6.56. The number of nitrogens with one attached hydrogen (secondary N) is 2. The van der Waals surface area contributed by atoms with E-state index in [0.717, 1.165) is 12.1 Å². The van der Waals surface area contributed by atoms with Crippen LogP contribution in [0.5, 0.6) is 0 Å². The number of hydrogen-bond donors (Lipinski definition) is 2. The van der Waals surface area contributed by atoms with Gasteiger partial charge in [-0.2, -0.15) is 0 Å². The number of aromatic nitrogens is 1. The molecule has 1 aliphatic rings. The molecule has 1 aliphatic heterocycles. The van der Waals surface area contributed by atoms with E-state index in [9.17, 15) is 17.2 Å². The van der Waals surface area contributed by atoms with Crippen LogP contribution in [0.3, 0.4) is 0 Å². The number of halogens is 3. The molecule has 0 unspecified atom stereocenters. The number of pyridine rings is 1. The van der Waals surface area contributed by atoms with Gasteiger partial charge in [0.05, 0.1) is 17.9 Å². The Kier molecular flexibility index (Phi) is 5.88. The van der Waals surface area contributed by atoms with Gasteiger partial charge in [0.15, 0.2) is 0 Å². The first kappa shape index (κ1) is 21.8. The molecule has 10 heteroatoms. The van der Waals surface area contributed by atoms with Crippen LogP contribution in [0.25, 0.3) is 0 Å². The Labute approximate surface area is 183 Å². The molecule has 0 spiro atoms. The highest BCUT2D eigenvalue weighted by Crippen LogP contribution is 2.40. The molecule has 0 saturated carbocycles. The fraction of sp³-hybridized carbons (Fsp3) is 0.182. The number of aliphatic imine (C=N–C) groups is 1. The van der Waals surface area contributed by atoms with Crippen LogP contribution in [0.1, 0.15) is 36.1 Å². The van der Waals surface area contributed by atoms with Crippen LogP contribution in [-0.4, -0.2) is 19.4 Å². The van der Waals surface area contributed by atoms with Crippen LogP contribution in [0.4, 0.5) is 18.9 Å². The Bertz CT molecular complexity index is 1310. The van der Waals surface area contributed by atoms with Gasteiger partial charge in [-0.3, -0.25) is 4.98 Å². The van der Waals surface area contributed by atoms with E-state index in [1.807, 2.05) is 0 Å². The number of benzene rings is 2. The van der Waals surface area contributed by atoms with E-state index in [4.69, 9.17) is 0 Å². The Morgan fingerprint density at radius 1 is 1.00 bits per heavy atom. The molecule has 0 saturated heterocycles. The number of hydrogen-bond acceptors (Lipinski definition) is 4. The van der Waals surface area contributed by atoms with Crippen LogP contribution in [0.15, 0.2) is 64.6 Å². The fourth-order valence-corrected chi connectivity index (χ4v) is 4.85. The van der Waals surface area contributed by atoms with Gasteiger partial charge in [0, 0.05) is 17.7 Å². The first-order valence-electron chi connectivity index (χ1n) is 9.82. The molecule has 2 heterocycles. The van der Waals surface area contributed by atoms with E-state index >= 15 is 4.39 Å². The van der Waals surface area contributed by atoms with E-state index in [0.29, 0.717) is 6.42 Å². The third kappa shape index (κ3) is 4.05. The largest absolute Gasteiger partial charge is 0.324 e. The first-order valence-corrected chi connectivity index (χ1v) is 11.3. The summed E-state index contributed by atoms with van der Waals surface area (Å²) in [5.74, 6) is -2.75. The smallest absolute Gasteiger partial charge is 0.266 e. The second-order valence-corrected chi connectivity index (χ2v) is 8.79. The Hall–Kier alpha value is -3.40.